The van der Waals surface area contributed by atoms with Crippen molar-refractivity contribution in [3.63, 3.8) is 0 Å². The van der Waals surface area contributed by atoms with Crippen molar-refractivity contribution in [2.75, 3.05) is 56.6 Å². The molecule has 180 valence electrons. The van der Waals surface area contributed by atoms with E-state index in [-0.39, 0.29) is 6.10 Å². The third-order valence-electron chi connectivity index (χ3n) is 6.67. The van der Waals surface area contributed by atoms with Gasteiger partial charge in [-0.05, 0) is 43.9 Å². The molecule has 9 nitrogen and oxygen atoms in total. The van der Waals surface area contributed by atoms with Crippen LogP contribution in [0.4, 0.5) is 17.6 Å². The first-order chi connectivity index (χ1) is 16.7. The lowest BCUT2D eigenvalue weighted by molar-refractivity contribution is 0.116. The predicted octanol–water partition coefficient (Wildman–Crippen LogP) is 3.27. The number of hydrogen-bond acceptors (Lipinski definition) is 9. The molecule has 0 amide bonds. The molecule has 0 unspecified atom stereocenters. The first-order valence-corrected chi connectivity index (χ1v) is 12.3. The number of ether oxygens (including phenoxy) is 1. The monoisotopic (exact) mass is 462 g/mol. The first kappa shape index (κ1) is 22.9. The Hall–Kier alpha value is -2.88. The Morgan fingerprint density at radius 3 is 2.59 bits per heavy atom. The molecule has 2 aliphatic heterocycles. The predicted molar refractivity (Wildman–Crippen MR) is 134 cm³/mol. The molecule has 5 rings (SSSR count). The van der Waals surface area contributed by atoms with Crippen molar-refractivity contribution >= 4 is 28.5 Å². The topological polar surface area (TPSA) is 91.3 Å². The fourth-order valence-corrected chi connectivity index (χ4v) is 4.59. The Morgan fingerprint density at radius 2 is 1.85 bits per heavy atom. The van der Waals surface area contributed by atoms with E-state index in [1.165, 1.54) is 24.8 Å². The van der Waals surface area contributed by atoms with Crippen molar-refractivity contribution in [3.8, 4) is 0 Å². The first-order valence-electron chi connectivity index (χ1n) is 12.3. The number of nitrogens with zero attached hydrogens (tertiary/aromatic N) is 6. The molecule has 0 bridgehead atoms. The van der Waals surface area contributed by atoms with Gasteiger partial charge in [0, 0.05) is 70.7 Å². The van der Waals surface area contributed by atoms with Crippen molar-refractivity contribution < 1.29 is 4.74 Å². The number of piperazine rings is 1. The van der Waals surface area contributed by atoms with Gasteiger partial charge in [0.2, 0.25) is 5.95 Å². The van der Waals surface area contributed by atoms with Gasteiger partial charge in [-0.25, -0.2) is 19.9 Å². The number of rotatable bonds is 7. The highest BCUT2D eigenvalue weighted by Crippen LogP contribution is 2.30. The van der Waals surface area contributed by atoms with Gasteiger partial charge in [-0.15, -0.1) is 0 Å². The third-order valence-corrected chi connectivity index (χ3v) is 6.67. The van der Waals surface area contributed by atoms with Gasteiger partial charge in [-0.3, -0.25) is 4.90 Å². The minimum atomic E-state index is -0.0883. The van der Waals surface area contributed by atoms with E-state index in [1.54, 1.807) is 7.11 Å². The van der Waals surface area contributed by atoms with Crippen molar-refractivity contribution in [1.29, 1.82) is 0 Å². The average molecular weight is 463 g/mol. The van der Waals surface area contributed by atoms with Crippen LogP contribution >= 0.6 is 0 Å². The summed E-state index contributed by atoms with van der Waals surface area (Å²) in [4.78, 5) is 23.8. The molecular formula is C25H34N8O. The SMILES string of the molecule is CO[C@H](C)c1cc2cnc(Nc3ccc(CN4CCNCC4)cn3)nc2c(N2CCCCC2)n1. The molecule has 2 saturated heterocycles. The maximum absolute atomic E-state index is 5.54. The van der Waals surface area contributed by atoms with E-state index in [0.717, 1.165) is 74.0 Å². The second kappa shape index (κ2) is 10.6. The van der Waals surface area contributed by atoms with Gasteiger partial charge in [0.1, 0.15) is 11.3 Å². The van der Waals surface area contributed by atoms with Crippen molar-refractivity contribution in [1.82, 2.24) is 30.2 Å². The van der Waals surface area contributed by atoms with Gasteiger partial charge >= 0.3 is 0 Å². The minimum absolute atomic E-state index is 0.0883. The molecule has 3 aromatic heterocycles. The highest BCUT2D eigenvalue weighted by Gasteiger charge is 2.20. The van der Waals surface area contributed by atoms with Crippen LogP contribution in [-0.4, -0.2) is 71.2 Å². The lowest BCUT2D eigenvalue weighted by atomic mass is 10.1. The summed E-state index contributed by atoms with van der Waals surface area (Å²) in [5.74, 6) is 2.18. The third kappa shape index (κ3) is 5.27. The van der Waals surface area contributed by atoms with Gasteiger partial charge in [0.15, 0.2) is 5.82 Å². The standard InChI is InChI=1S/C25H34N8O/c1-18(34-2)21-14-20-16-28-25(31-23(20)24(29-21)33-10-4-3-5-11-33)30-22-7-6-19(15-27-22)17-32-12-8-26-9-13-32/h6-7,14-16,18,26H,3-5,8-13,17H2,1-2H3,(H,27,28,30,31)/t18-/m1/s1. The van der Waals surface area contributed by atoms with Crippen LogP contribution in [0.15, 0.2) is 30.6 Å². The van der Waals surface area contributed by atoms with E-state index in [4.69, 9.17) is 14.7 Å². The normalized spacial score (nSPS) is 18.2. The number of piperidine rings is 1. The molecular weight excluding hydrogens is 428 g/mol. The van der Waals surface area contributed by atoms with Gasteiger partial charge in [0.25, 0.3) is 0 Å². The van der Waals surface area contributed by atoms with Gasteiger partial charge in [0.05, 0.1) is 11.8 Å². The van der Waals surface area contributed by atoms with Crippen molar-refractivity contribution in [3.05, 3.63) is 41.9 Å². The highest BCUT2D eigenvalue weighted by molar-refractivity contribution is 5.89. The molecule has 3 aromatic rings. The maximum Gasteiger partial charge on any atom is 0.229 e. The van der Waals surface area contributed by atoms with Gasteiger partial charge in [-0.2, -0.15) is 0 Å². The Morgan fingerprint density at radius 1 is 1.03 bits per heavy atom. The summed E-state index contributed by atoms with van der Waals surface area (Å²) in [6.45, 7) is 9.17. The van der Waals surface area contributed by atoms with Crippen LogP contribution in [-0.2, 0) is 11.3 Å². The van der Waals surface area contributed by atoms with Crippen molar-refractivity contribution in [2.45, 2.75) is 38.8 Å². The number of nitrogens with one attached hydrogen (secondary N) is 2. The number of fused-ring (bicyclic) bond motifs is 1. The molecule has 2 aliphatic rings. The molecule has 34 heavy (non-hydrogen) atoms. The molecule has 1 atom stereocenters. The zero-order valence-electron chi connectivity index (χ0n) is 20.1. The molecule has 9 heteroatoms. The molecule has 0 aliphatic carbocycles. The summed E-state index contributed by atoms with van der Waals surface area (Å²) in [6, 6.07) is 6.15. The molecule has 0 spiro atoms. The van der Waals surface area contributed by atoms with Crippen LogP contribution in [0, 0.1) is 0 Å². The molecule has 2 N–H and O–H groups in total. The maximum atomic E-state index is 5.54. The largest absolute Gasteiger partial charge is 0.375 e. The van der Waals surface area contributed by atoms with E-state index < -0.39 is 0 Å². The van der Waals surface area contributed by atoms with Gasteiger partial charge in [-0.1, -0.05) is 6.07 Å². The summed E-state index contributed by atoms with van der Waals surface area (Å²) in [5, 5.41) is 7.64. The fraction of sp³-hybridized carbons (Fsp3) is 0.520. The Balaban J connectivity index is 1.38. The van der Waals surface area contributed by atoms with Crippen LogP contribution in [0.5, 0.6) is 0 Å². The molecule has 5 heterocycles. The van der Waals surface area contributed by atoms with Gasteiger partial charge < -0.3 is 20.3 Å². The minimum Gasteiger partial charge on any atom is -0.375 e. The average Bonchev–Trinajstić information content (AvgIpc) is 2.90. The number of anilines is 3. The second-order valence-electron chi connectivity index (χ2n) is 9.13. The molecule has 2 fully saturated rings. The zero-order chi connectivity index (χ0) is 23.3. The smallest absolute Gasteiger partial charge is 0.229 e. The summed E-state index contributed by atoms with van der Waals surface area (Å²) in [5.41, 5.74) is 2.98. The Labute approximate surface area is 201 Å². The van der Waals surface area contributed by atoms with E-state index >= 15 is 0 Å². The fourth-order valence-electron chi connectivity index (χ4n) is 4.59. The molecule has 0 radical (unpaired) electrons. The molecule has 0 saturated carbocycles. The van der Waals surface area contributed by atoms with Crippen LogP contribution < -0.4 is 15.5 Å². The second-order valence-corrected chi connectivity index (χ2v) is 9.13. The van der Waals surface area contributed by atoms with E-state index in [1.807, 2.05) is 31.5 Å². The summed E-state index contributed by atoms with van der Waals surface area (Å²) in [7, 11) is 1.71. The van der Waals surface area contributed by atoms with Crippen LogP contribution in [0.1, 0.15) is 43.5 Å². The Kier molecular flexibility index (Phi) is 7.13. The number of pyridine rings is 2. The van der Waals surface area contributed by atoms with E-state index in [9.17, 15) is 0 Å². The quantitative estimate of drug-likeness (QED) is 0.549. The van der Waals surface area contributed by atoms with E-state index in [2.05, 4.69) is 36.5 Å². The highest BCUT2D eigenvalue weighted by atomic mass is 16.5. The van der Waals surface area contributed by atoms with Crippen molar-refractivity contribution in [2.24, 2.45) is 0 Å². The van der Waals surface area contributed by atoms with Crippen LogP contribution in [0.3, 0.4) is 0 Å². The molecule has 0 aromatic carbocycles. The number of methoxy groups -OCH3 is 1. The lowest BCUT2D eigenvalue weighted by Gasteiger charge is -2.29. The number of hydrogen-bond donors (Lipinski definition) is 2. The van der Waals surface area contributed by atoms with Crippen LogP contribution in [0.2, 0.25) is 0 Å². The zero-order valence-corrected chi connectivity index (χ0v) is 20.1. The number of aromatic nitrogens is 4. The summed E-state index contributed by atoms with van der Waals surface area (Å²) < 4.78 is 5.54. The van der Waals surface area contributed by atoms with E-state index in [0.29, 0.717) is 5.95 Å². The Bertz CT molecular complexity index is 1090. The van der Waals surface area contributed by atoms with Crippen LogP contribution in [0.25, 0.3) is 10.9 Å². The lowest BCUT2D eigenvalue weighted by Crippen LogP contribution is -2.42. The summed E-state index contributed by atoms with van der Waals surface area (Å²) >= 11 is 0. The summed E-state index contributed by atoms with van der Waals surface area (Å²) in [6.07, 6.45) is 7.33.